The molecule has 1 N–H and O–H groups in total. The first-order valence-electron chi connectivity index (χ1n) is 7.20. The zero-order chi connectivity index (χ0) is 16.1. The first-order valence-corrected chi connectivity index (χ1v) is 7.58. The summed E-state index contributed by atoms with van der Waals surface area (Å²) in [7, 11) is 0. The molecule has 23 heavy (non-hydrogen) atoms. The average molecular weight is 330 g/mol. The van der Waals surface area contributed by atoms with Crippen molar-refractivity contribution in [2.24, 2.45) is 0 Å². The summed E-state index contributed by atoms with van der Waals surface area (Å²) in [4.78, 5) is 0. The van der Waals surface area contributed by atoms with Gasteiger partial charge in [-0.3, -0.25) is 0 Å². The summed E-state index contributed by atoms with van der Waals surface area (Å²) in [6.07, 6.45) is 0. The largest absolute Gasteiger partial charge is 0.484 e. The van der Waals surface area contributed by atoms with Crippen LogP contribution in [0.5, 0.6) is 5.75 Å². The molecule has 0 aliphatic rings. The van der Waals surface area contributed by atoms with Crippen molar-refractivity contribution in [2.75, 3.05) is 5.32 Å². The molecule has 5 nitrogen and oxygen atoms in total. The molecule has 0 aliphatic carbocycles. The van der Waals surface area contributed by atoms with Crippen LogP contribution in [0.25, 0.3) is 0 Å². The maximum atomic E-state index is 6.09. The van der Waals surface area contributed by atoms with Gasteiger partial charge in [-0.05, 0) is 36.8 Å². The minimum atomic E-state index is 0.243. The first kappa shape index (κ1) is 15.4. The second-order valence-corrected chi connectivity index (χ2v) is 5.36. The Hall–Kier alpha value is -2.53. The molecule has 1 heterocycles. The van der Waals surface area contributed by atoms with Crippen molar-refractivity contribution in [3.63, 3.8) is 0 Å². The number of hydrogen-bond donors (Lipinski definition) is 1. The van der Waals surface area contributed by atoms with Crippen LogP contribution in [0.15, 0.2) is 52.9 Å². The molecule has 0 radical (unpaired) electrons. The van der Waals surface area contributed by atoms with Crippen molar-refractivity contribution in [3.8, 4) is 5.75 Å². The summed E-state index contributed by atoms with van der Waals surface area (Å²) < 4.78 is 11.1. The van der Waals surface area contributed by atoms with E-state index in [4.69, 9.17) is 20.8 Å². The van der Waals surface area contributed by atoms with Crippen LogP contribution < -0.4 is 10.1 Å². The lowest BCUT2D eigenvalue weighted by Crippen LogP contribution is -2.01. The van der Waals surface area contributed by atoms with E-state index in [1.807, 2.05) is 55.5 Å². The molecule has 1 aromatic heterocycles. The van der Waals surface area contributed by atoms with E-state index in [0.717, 1.165) is 22.0 Å². The van der Waals surface area contributed by atoms with Crippen LogP contribution in [-0.2, 0) is 13.2 Å². The van der Waals surface area contributed by atoms with Crippen molar-refractivity contribution < 1.29 is 9.15 Å². The van der Waals surface area contributed by atoms with Gasteiger partial charge in [-0.15, -0.1) is 10.2 Å². The second kappa shape index (κ2) is 7.15. The van der Waals surface area contributed by atoms with E-state index in [-0.39, 0.29) is 6.61 Å². The van der Waals surface area contributed by atoms with Crippen molar-refractivity contribution >= 4 is 17.3 Å². The number of hydrogen-bond acceptors (Lipinski definition) is 5. The maximum absolute atomic E-state index is 6.09. The van der Waals surface area contributed by atoms with Gasteiger partial charge in [0.25, 0.3) is 5.89 Å². The number of nitrogens with one attached hydrogen (secondary N) is 1. The molecule has 0 bridgehead atoms. The molecule has 3 rings (SSSR count). The van der Waals surface area contributed by atoms with E-state index < -0.39 is 0 Å². The average Bonchev–Trinajstić information content (AvgIpc) is 3.03. The summed E-state index contributed by atoms with van der Waals surface area (Å²) in [5.74, 6) is 1.70. The molecule has 0 saturated heterocycles. The molecule has 0 unspecified atom stereocenters. The Balaban J connectivity index is 1.56. The molecular weight excluding hydrogens is 314 g/mol. The van der Waals surface area contributed by atoms with Gasteiger partial charge in [-0.2, -0.15) is 0 Å². The molecule has 3 aromatic rings. The van der Waals surface area contributed by atoms with Crippen LogP contribution in [0.1, 0.15) is 17.3 Å². The molecule has 0 fully saturated rings. The molecule has 2 aromatic carbocycles. The van der Waals surface area contributed by atoms with E-state index in [1.54, 1.807) is 0 Å². The minimum absolute atomic E-state index is 0.243. The number of benzene rings is 2. The number of anilines is 1. The Bertz CT molecular complexity index is 775. The molecule has 0 saturated carbocycles. The summed E-state index contributed by atoms with van der Waals surface area (Å²) in [6.45, 7) is 2.63. The highest BCUT2D eigenvalue weighted by Crippen LogP contribution is 2.23. The van der Waals surface area contributed by atoms with Crippen molar-refractivity contribution in [1.82, 2.24) is 10.2 Å². The third kappa shape index (κ3) is 4.02. The zero-order valence-electron chi connectivity index (χ0n) is 12.6. The Labute approximate surface area is 139 Å². The highest BCUT2D eigenvalue weighted by Gasteiger charge is 2.08. The van der Waals surface area contributed by atoms with Crippen LogP contribution in [0.2, 0.25) is 5.02 Å². The van der Waals surface area contributed by atoms with E-state index in [9.17, 15) is 0 Å². The Morgan fingerprint density at radius 3 is 2.65 bits per heavy atom. The van der Waals surface area contributed by atoms with Crippen LogP contribution in [0.3, 0.4) is 0 Å². The van der Waals surface area contributed by atoms with Crippen LogP contribution in [0.4, 0.5) is 5.69 Å². The standard InChI is InChI=1S/C17H16ClN3O2/c1-12-14(18)8-5-9-15(12)19-10-16-20-21-17(23-16)11-22-13-6-3-2-4-7-13/h2-9,19H,10-11H2,1H3. The molecule has 6 heteroatoms. The fraction of sp³-hybridized carbons (Fsp3) is 0.176. The zero-order valence-corrected chi connectivity index (χ0v) is 13.4. The lowest BCUT2D eigenvalue weighted by molar-refractivity contribution is 0.259. The minimum Gasteiger partial charge on any atom is -0.484 e. The van der Waals surface area contributed by atoms with E-state index in [0.29, 0.717) is 18.3 Å². The van der Waals surface area contributed by atoms with Gasteiger partial charge in [-0.1, -0.05) is 35.9 Å². The molecule has 0 atom stereocenters. The number of rotatable bonds is 6. The number of ether oxygens (including phenoxy) is 1. The fourth-order valence-electron chi connectivity index (χ4n) is 2.05. The van der Waals surface area contributed by atoms with Crippen LogP contribution in [-0.4, -0.2) is 10.2 Å². The topological polar surface area (TPSA) is 60.2 Å². The smallest absolute Gasteiger partial charge is 0.253 e. The van der Waals surface area contributed by atoms with Gasteiger partial charge < -0.3 is 14.5 Å². The molecule has 0 amide bonds. The summed E-state index contributed by atoms with van der Waals surface area (Å²) in [5, 5.41) is 11.9. The number of aromatic nitrogens is 2. The van der Waals surface area contributed by atoms with Crippen molar-refractivity contribution in [2.45, 2.75) is 20.1 Å². The van der Waals surface area contributed by atoms with Gasteiger partial charge >= 0.3 is 0 Å². The maximum Gasteiger partial charge on any atom is 0.253 e. The third-order valence-electron chi connectivity index (χ3n) is 3.31. The normalized spacial score (nSPS) is 10.5. The molecule has 0 aliphatic heterocycles. The van der Waals surface area contributed by atoms with Gasteiger partial charge in [0.1, 0.15) is 5.75 Å². The fourth-order valence-corrected chi connectivity index (χ4v) is 2.22. The van der Waals surface area contributed by atoms with E-state index in [1.165, 1.54) is 0 Å². The first-order chi connectivity index (χ1) is 11.2. The highest BCUT2D eigenvalue weighted by molar-refractivity contribution is 6.31. The Kier molecular flexibility index (Phi) is 4.78. The van der Waals surface area contributed by atoms with Crippen molar-refractivity contribution in [1.29, 1.82) is 0 Å². The quantitative estimate of drug-likeness (QED) is 0.733. The van der Waals surface area contributed by atoms with Gasteiger partial charge in [0.05, 0.1) is 6.54 Å². The van der Waals surface area contributed by atoms with Crippen molar-refractivity contribution in [3.05, 3.63) is 70.9 Å². The summed E-state index contributed by atoms with van der Waals surface area (Å²) in [6, 6.07) is 15.2. The summed E-state index contributed by atoms with van der Waals surface area (Å²) >= 11 is 6.09. The third-order valence-corrected chi connectivity index (χ3v) is 3.72. The monoisotopic (exact) mass is 329 g/mol. The SMILES string of the molecule is Cc1c(Cl)cccc1NCc1nnc(COc2ccccc2)o1. The predicted octanol–water partition coefficient (Wildman–Crippen LogP) is 4.22. The van der Waals surface area contributed by atoms with Gasteiger partial charge in [0, 0.05) is 10.7 Å². The van der Waals surface area contributed by atoms with E-state index >= 15 is 0 Å². The Morgan fingerprint density at radius 1 is 1.04 bits per heavy atom. The van der Waals surface area contributed by atoms with Gasteiger partial charge in [0.2, 0.25) is 5.89 Å². The number of halogens is 1. The Morgan fingerprint density at radius 2 is 1.83 bits per heavy atom. The van der Waals surface area contributed by atoms with Crippen LogP contribution in [0, 0.1) is 6.92 Å². The predicted molar refractivity (Wildman–Crippen MR) is 88.6 cm³/mol. The lowest BCUT2D eigenvalue weighted by Gasteiger charge is -2.08. The van der Waals surface area contributed by atoms with Gasteiger partial charge in [0.15, 0.2) is 6.61 Å². The second-order valence-electron chi connectivity index (χ2n) is 4.96. The van der Waals surface area contributed by atoms with Crippen LogP contribution >= 0.6 is 11.6 Å². The number of nitrogens with zero attached hydrogens (tertiary/aromatic N) is 2. The molecular formula is C17H16ClN3O2. The lowest BCUT2D eigenvalue weighted by atomic mass is 10.2. The summed E-state index contributed by atoms with van der Waals surface area (Å²) in [5.41, 5.74) is 1.93. The van der Waals surface area contributed by atoms with E-state index in [2.05, 4.69) is 15.5 Å². The molecule has 118 valence electrons. The highest BCUT2D eigenvalue weighted by atomic mass is 35.5. The molecule has 0 spiro atoms. The van der Waals surface area contributed by atoms with Gasteiger partial charge in [-0.25, -0.2) is 0 Å². The number of para-hydroxylation sites is 1.